The lowest BCUT2D eigenvalue weighted by molar-refractivity contribution is -0.132. The molecule has 0 aliphatic heterocycles. The van der Waals surface area contributed by atoms with Crippen molar-refractivity contribution < 1.29 is 29.1 Å². The number of carboxylic acids is 1. The molecule has 0 aromatic rings. The Morgan fingerprint density at radius 1 is 1.42 bits per heavy atom. The first-order valence-corrected chi connectivity index (χ1v) is 3.85. The third-order valence-corrected chi connectivity index (χ3v) is 0.393. The molecule has 8 heteroatoms. The van der Waals surface area contributed by atoms with E-state index in [4.69, 9.17) is 29.6 Å². The van der Waals surface area contributed by atoms with Gasteiger partial charge in [-0.1, -0.05) is 6.58 Å². The van der Waals surface area contributed by atoms with Crippen LogP contribution < -0.4 is 0 Å². The van der Waals surface area contributed by atoms with Gasteiger partial charge in [0.05, 0.1) is 0 Å². The quantitative estimate of drug-likeness (QED) is 0.244. The second-order valence-electron chi connectivity index (χ2n) is 1.41. The van der Waals surface area contributed by atoms with Crippen LogP contribution in [0.25, 0.3) is 0 Å². The molecule has 0 bridgehead atoms. The van der Waals surface area contributed by atoms with Crippen LogP contribution in [0, 0.1) is 11.3 Å². The maximum absolute atomic E-state index is 9.61. The summed E-state index contributed by atoms with van der Waals surface area (Å²) >= 11 is 0. The van der Waals surface area contributed by atoms with Gasteiger partial charge >= 0.3 is 13.8 Å². The van der Waals surface area contributed by atoms with Crippen molar-refractivity contribution >= 4 is 13.8 Å². The predicted molar refractivity (Wildman–Crippen MR) is 36.7 cm³/mol. The van der Waals surface area contributed by atoms with Gasteiger partial charge in [0.15, 0.2) is 0 Å². The molecule has 4 N–H and O–H groups in total. The van der Waals surface area contributed by atoms with E-state index in [2.05, 4.69) is 6.58 Å². The Balaban J connectivity index is 0. The third kappa shape index (κ3) is 23.2. The number of phosphoric acid groups is 1. The zero-order chi connectivity index (χ0) is 10.4. The number of nitriles is 1. The molecule has 0 rings (SSSR count). The van der Waals surface area contributed by atoms with Crippen LogP contribution in [0.5, 0.6) is 0 Å². The molecule has 0 saturated heterocycles. The van der Waals surface area contributed by atoms with Gasteiger partial charge in [-0.05, 0) is 0 Å². The number of hydrogen-bond acceptors (Lipinski definition) is 3. The van der Waals surface area contributed by atoms with E-state index in [1.165, 1.54) is 6.07 Å². The van der Waals surface area contributed by atoms with Gasteiger partial charge < -0.3 is 19.8 Å². The Labute approximate surface area is 67.4 Å². The van der Waals surface area contributed by atoms with E-state index in [0.29, 0.717) is 0 Å². The molecule has 0 fully saturated rings. The number of carbonyl (C=O) groups is 1. The van der Waals surface area contributed by atoms with Gasteiger partial charge in [0, 0.05) is 0 Å². The van der Waals surface area contributed by atoms with Crippen LogP contribution in [-0.2, 0) is 9.36 Å². The van der Waals surface area contributed by atoms with E-state index in [1.807, 2.05) is 0 Å². The van der Waals surface area contributed by atoms with Crippen LogP contribution in [0.4, 0.5) is 0 Å². The number of aliphatic carboxylic acids is 1. The van der Waals surface area contributed by atoms with Gasteiger partial charge in [-0.25, -0.2) is 9.36 Å². The zero-order valence-corrected chi connectivity index (χ0v) is 6.60. The summed E-state index contributed by atoms with van der Waals surface area (Å²) in [5.41, 5.74) is -0.431. The smallest absolute Gasteiger partial charge is 0.466 e. The lowest BCUT2D eigenvalue weighted by Crippen LogP contribution is -1.94. The molecule has 0 aromatic carbocycles. The standard InChI is InChI=1S/C4H3NO2.H3O4P/c1-3(2-5)4(6)7;1-5(2,3)4/h1H2,(H,6,7);(H3,1,2,3,4). The highest BCUT2D eigenvalue weighted by Crippen LogP contribution is 2.25. The molecule has 0 saturated carbocycles. The number of nitrogens with zero attached hydrogens (tertiary/aromatic N) is 1. The highest BCUT2D eigenvalue weighted by molar-refractivity contribution is 7.45. The summed E-state index contributed by atoms with van der Waals surface area (Å²) in [7, 11) is -4.64. The SMILES string of the molecule is C=C(C#N)C(=O)O.O=P(O)(O)O. The Bertz CT molecular complexity index is 251. The fourth-order valence-electron chi connectivity index (χ4n) is 0.0478. The van der Waals surface area contributed by atoms with Crippen molar-refractivity contribution in [2.75, 3.05) is 0 Å². The first-order valence-electron chi connectivity index (χ1n) is 2.29. The van der Waals surface area contributed by atoms with Crippen LogP contribution in [-0.4, -0.2) is 25.8 Å². The van der Waals surface area contributed by atoms with Gasteiger partial charge in [-0.2, -0.15) is 5.26 Å². The molecule has 0 radical (unpaired) electrons. The maximum Gasteiger partial charge on any atom is 0.466 e. The normalized spacial score (nSPS) is 8.83. The van der Waals surface area contributed by atoms with Crippen LogP contribution in [0.2, 0.25) is 0 Å². The van der Waals surface area contributed by atoms with Gasteiger partial charge in [0.2, 0.25) is 0 Å². The minimum absolute atomic E-state index is 0.431. The Hall–Kier alpha value is -1.19. The molecule has 0 amide bonds. The Morgan fingerprint density at radius 2 is 1.67 bits per heavy atom. The molecular formula is C4H6NO6P. The summed E-state index contributed by atoms with van der Waals surface area (Å²) in [5, 5.41) is 15.6. The largest absolute Gasteiger partial charge is 0.477 e. The van der Waals surface area contributed by atoms with Crippen molar-refractivity contribution in [2.24, 2.45) is 0 Å². The average molecular weight is 195 g/mol. The molecule has 7 nitrogen and oxygen atoms in total. The zero-order valence-electron chi connectivity index (χ0n) is 5.71. The number of hydrogen-bond donors (Lipinski definition) is 4. The summed E-state index contributed by atoms with van der Waals surface area (Å²) in [4.78, 5) is 31.2. The van der Waals surface area contributed by atoms with E-state index < -0.39 is 19.4 Å². The van der Waals surface area contributed by atoms with E-state index in [1.54, 1.807) is 0 Å². The first-order chi connectivity index (χ1) is 5.18. The highest BCUT2D eigenvalue weighted by atomic mass is 31.2. The number of carboxylic acid groups (broad SMARTS) is 1. The second kappa shape index (κ2) is 5.46. The lowest BCUT2D eigenvalue weighted by Gasteiger charge is -1.82. The van der Waals surface area contributed by atoms with Gasteiger partial charge in [-0.3, -0.25) is 0 Å². The van der Waals surface area contributed by atoms with Crippen LogP contribution in [0.1, 0.15) is 0 Å². The van der Waals surface area contributed by atoms with E-state index in [9.17, 15) is 4.79 Å². The molecule has 0 atom stereocenters. The van der Waals surface area contributed by atoms with Crippen molar-refractivity contribution in [1.82, 2.24) is 0 Å². The summed E-state index contributed by atoms with van der Waals surface area (Å²) in [6, 6.07) is 1.37. The van der Waals surface area contributed by atoms with Crippen LogP contribution in [0.15, 0.2) is 12.2 Å². The van der Waals surface area contributed by atoms with Gasteiger partial charge in [0.25, 0.3) is 0 Å². The van der Waals surface area contributed by atoms with Crippen LogP contribution in [0.3, 0.4) is 0 Å². The molecule has 0 heterocycles. The summed E-state index contributed by atoms with van der Waals surface area (Å²) in [6.45, 7) is 2.91. The third-order valence-electron chi connectivity index (χ3n) is 0.393. The minimum Gasteiger partial charge on any atom is -0.477 e. The Morgan fingerprint density at radius 3 is 1.67 bits per heavy atom. The van der Waals surface area contributed by atoms with Gasteiger partial charge in [-0.15, -0.1) is 0 Å². The summed E-state index contributed by atoms with van der Waals surface area (Å²) in [5.74, 6) is -1.26. The molecule has 0 aliphatic carbocycles. The molecule has 0 spiro atoms. The van der Waals surface area contributed by atoms with Crippen molar-refractivity contribution in [3.63, 3.8) is 0 Å². The van der Waals surface area contributed by atoms with Crippen molar-refractivity contribution in [1.29, 1.82) is 5.26 Å². The monoisotopic (exact) mass is 195 g/mol. The maximum atomic E-state index is 9.61. The van der Waals surface area contributed by atoms with Crippen molar-refractivity contribution in [3.05, 3.63) is 12.2 Å². The lowest BCUT2D eigenvalue weighted by atomic mass is 10.4. The van der Waals surface area contributed by atoms with Crippen molar-refractivity contribution in [3.8, 4) is 6.07 Å². The van der Waals surface area contributed by atoms with E-state index in [-0.39, 0.29) is 0 Å². The first kappa shape index (κ1) is 13.4. The molecule has 0 aromatic heterocycles. The molecule has 68 valence electrons. The fraction of sp³-hybridized carbons (Fsp3) is 0. The average Bonchev–Trinajstić information content (AvgIpc) is 1.82. The Kier molecular flexibility index (Phi) is 6.10. The molecule has 12 heavy (non-hydrogen) atoms. The van der Waals surface area contributed by atoms with E-state index >= 15 is 0 Å². The summed E-state index contributed by atoms with van der Waals surface area (Å²) < 4.78 is 8.88. The summed E-state index contributed by atoms with van der Waals surface area (Å²) in [6.07, 6.45) is 0. The molecular weight excluding hydrogens is 189 g/mol. The minimum atomic E-state index is -4.64. The number of rotatable bonds is 1. The second-order valence-corrected chi connectivity index (χ2v) is 2.44. The highest BCUT2D eigenvalue weighted by Gasteiger charge is 2.00. The molecule has 0 aliphatic rings. The van der Waals surface area contributed by atoms with Gasteiger partial charge in [0.1, 0.15) is 11.6 Å². The predicted octanol–water partition coefficient (Wildman–Crippen LogP) is -0.778. The van der Waals surface area contributed by atoms with Crippen molar-refractivity contribution in [2.45, 2.75) is 0 Å². The molecule has 0 unspecified atom stereocenters. The van der Waals surface area contributed by atoms with E-state index in [0.717, 1.165) is 0 Å². The topological polar surface area (TPSA) is 139 Å². The fourth-order valence-corrected chi connectivity index (χ4v) is 0.0478. The van der Waals surface area contributed by atoms with Crippen LogP contribution >= 0.6 is 7.82 Å².